The largest absolute Gasteiger partial charge is 0.396 e. The second kappa shape index (κ2) is 10.0. The lowest BCUT2D eigenvalue weighted by molar-refractivity contribution is -0.0545. The van der Waals surface area contributed by atoms with Gasteiger partial charge in [0.15, 0.2) is 15.6 Å². The van der Waals surface area contributed by atoms with Crippen molar-refractivity contribution < 1.29 is 23.7 Å². The molecule has 1 fully saturated rings. The van der Waals surface area contributed by atoms with Gasteiger partial charge in [-0.1, -0.05) is 0 Å². The third kappa shape index (κ3) is 5.41. The number of aryl methyl sites for hydroxylation is 2. The third-order valence-corrected chi connectivity index (χ3v) is 10.4. The number of rotatable bonds is 8. The zero-order valence-corrected chi connectivity index (χ0v) is 23.2. The highest BCUT2D eigenvalue weighted by molar-refractivity contribution is 7.92. The molecule has 0 unspecified atom stereocenters. The van der Waals surface area contributed by atoms with Crippen LogP contribution < -0.4 is 10.6 Å². The molecule has 202 valence electrons. The van der Waals surface area contributed by atoms with Crippen molar-refractivity contribution in [2.75, 3.05) is 29.5 Å². The topological polar surface area (TPSA) is 170 Å². The lowest BCUT2D eigenvalue weighted by Gasteiger charge is -2.31. The Bertz CT molecular complexity index is 1400. The highest BCUT2D eigenvalue weighted by Crippen LogP contribution is 2.40. The molecule has 1 aliphatic carbocycles. The molecule has 1 saturated carbocycles. The third-order valence-electron chi connectivity index (χ3n) is 6.78. The van der Waals surface area contributed by atoms with Gasteiger partial charge < -0.3 is 26.0 Å². The Morgan fingerprint density at radius 3 is 2.54 bits per heavy atom. The number of nitrogens with one attached hydrogen (secondary N) is 2. The molecule has 11 nitrogen and oxygen atoms in total. The predicted molar refractivity (Wildman–Crippen MR) is 144 cm³/mol. The molecule has 0 radical (unpaired) electrons. The van der Waals surface area contributed by atoms with Crippen molar-refractivity contribution in [1.29, 1.82) is 0 Å². The molecule has 0 bridgehead atoms. The Morgan fingerprint density at radius 2 is 1.92 bits per heavy atom. The van der Waals surface area contributed by atoms with Crippen LogP contribution in [-0.2, 0) is 9.84 Å². The number of aliphatic hydroxyl groups is 3. The van der Waals surface area contributed by atoms with E-state index < -0.39 is 32.3 Å². The second-order valence-electron chi connectivity index (χ2n) is 10.5. The van der Waals surface area contributed by atoms with E-state index in [9.17, 15) is 23.7 Å². The minimum Gasteiger partial charge on any atom is -0.396 e. The van der Waals surface area contributed by atoms with Crippen molar-refractivity contribution >= 4 is 43.2 Å². The quantitative estimate of drug-likeness (QED) is 0.261. The summed E-state index contributed by atoms with van der Waals surface area (Å²) in [7, 11) is -3.35. The van der Waals surface area contributed by atoms with E-state index in [0.29, 0.717) is 22.7 Å². The highest BCUT2D eigenvalue weighted by Gasteiger charge is 2.47. The van der Waals surface area contributed by atoms with Gasteiger partial charge >= 0.3 is 0 Å². The summed E-state index contributed by atoms with van der Waals surface area (Å²) in [5.74, 6) is -0.144. The minimum atomic E-state index is -3.35. The number of sulfone groups is 1. The zero-order chi connectivity index (χ0) is 27.2. The standard InChI is InChI=1S/C24H34N6O5S2/c1-13-17(21-28-18-14(2)25-9-7-16(18)36-21)20(30-24(33)8-6-15(12-31)19(24)32)29-22(27-13)26-10-11-37(34,35)23(3,4)5/h7,9,15,19,31-33H,6,8,10-12H2,1-5H3,(H2,26,27,29,30)/t15-,19-,24-/m1/s1. The molecule has 3 aromatic rings. The van der Waals surface area contributed by atoms with Gasteiger partial charge in [-0.2, -0.15) is 4.98 Å². The molecular formula is C24H34N6O5S2. The van der Waals surface area contributed by atoms with Crippen LogP contribution in [0.5, 0.6) is 0 Å². The first-order chi connectivity index (χ1) is 17.3. The minimum absolute atomic E-state index is 0.101. The maximum Gasteiger partial charge on any atom is 0.224 e. The van der Waals surface area contributed by atoms with Crippen molar-refractivity contribution in [3.8, 4) is 10.6 Å². The summed E-state index contributed by atoms with van der Waals surface area (Å²) in [6, 6.07) is 1.87. The van der Waals surface area contributed by atoms with Gasteiger partial charge in [-0.3, -0.25) is 4.98 Å². The SMILES string of the molecule is Cc1nc(NCCS(=O)(=O)C(C)(C)C)nc(N[C@@]2(O)CC[C@H](CO)[C@H]2O)c1-c1nc2c(C)nccc2s1. The summed E-state index contributed by atoms with van der Waals surface area (Å²) in [4.78, 5) is 18.2. The summed E-state index contributed by atoms with van der Waals surface area (Å²) in [6.45, 7) is 8.47. The van der Waals surface area contributed by atoms with Crippen LogP contribution in [0.3, 0.4) is 0 Å². The van der Waals surface area contributed by atoms with Crippen molar-refractivity contribution in [2.45, 2.75) is 64.0 Å². The number of fused-ring (bicyclic) bond motifs is 1. The van der Waals surface area contributed by atoms with Gasteiger partial charge in [0.2, 0.25) is 5.95 Å². The Morgan fingerprint density at radius 1 is 1.19 bits per heavy atom. The number of anilines is 2. The molecule has 4 rings (SSSR count). The fraction of sp³-hybridized carbons (Fsp3) is 0.583. The molecule has 1 aliphatic rings. The first kappa shape index (κ1) is 27.6. The molecule has 0 aromatic carbocycles. The van der Waals surface area contributed by atoms with Gasteiger partial charge in [-0.25, -0.2) is 18.4 Å². The Hall–Kier alpha value is -2.45. The molecule has 5 N–H and O–H groups in total. The molecule has 13 heteroatoms. The molecule has 3 atom stereocenters. The van der Waals surface area contributed by atoms with Crippen LogP contribution in [0.2, 0.25) is 0 Å². The molecule has 3 heterocycles. The van der Waals surface area contributed by atoms with Gasteiger partial charge in [0, 0.05) is 25.3 Å². The van der Waals surface area contributed by atoms with Crippen LogP contribution in [-0.4, -0.2) is 79.2 Å². The van der Waals surface area contributed by atoms with Crippen LogP contribution in [0.25, 0.3) is 20.8 Å². The average Bonchev–Trinajstić information content (AvgIpc) is 3.34. The Kier molecular flexibility index (Phi) is 7.47. The van der Waals surface area contributed by atoms with Crippen LogP contribution in [0.15, 0.2) is 12.3 Å². The summed E-state index contributed by atoms with van der Waals surface area (Å²) in [5, 5.41) is 38.2. The molecule has 0 amide bonds. The smallest absolute Gasteiger partial charge is 0.224 e. The second-order valence-corrected chi connectivity index (χ2v) is 14.3. The fourth-order valence-corrected chi connectivity index (χ4v) is 6.42. The van der Waals surface area contributed by atoms with E-state index in [0.717, 1.165) is 15.9 Å². The molecule has 0 spiro atoms. The average molecular weight is 551 g/mol. The van der Waals surface area contributed by atoms with Crippen molar-refractivity contribution in [2.24, 2.45) is 5.92 Å². The molecular weight excluding hydrogens is 516 g/mol. The lowest BCUT2D eigenvalue weighted by Crippen LogP contribution is -2.48. The van der Waals surface area contributed by atoms with E-state index in [-0.39, 0.29) is 37.1 Å². The van der Waals surface area contributed by atoms with E-state index in [2.05, 4.69) is 25.6 Å². The number of hydrogen-bond donors (Lipinski definition) is 5. The number of pyridine rings is 1. The first-order valence-electron chi connectivity index (χ1n) is 12.1. The highest BCUT2D eigenvalue weighted by atomic mass is 32.2. The number of hydrogen-bond acceptors (Lipinski definition) is 12. The number of thiazole rings is 1. The molecule has 3 aromatic heterocycles. The lowest BCUT2D eigenvalue weighted by atomic mass is 10.0. The van der Waals surface area contributed by atoms with E-state index in [4.69, 9.17) is 4.98 Å². The van der Waals surface area contributed by atoms with Crippen LogP contribution >= 0.6 is 11.3 Å². The number of nitrogens with zero attached hydrogens (tertiary/aromatic N) is 4. The van der Waals surface area contributed by atoms with E-state index in [1.165, 1.54) is 11.3 Å². The van der Waals surface area contributed by atoms with Gasteiger partial charge in [0.25, 0.3) is 0 Å². The van der Waals surface area contributed by atoms with Crippen LogP contribution in [0, 0.1) is 19.8 Å². The van der Waals surface area contributed by atoms with E-state index >= 15 is 0 Å². The van der Waals surface area contributed by atoms with Gasteiger partial charge in [0.05, 0.1) is 32.2 Å². The first-order valence-corrected chi connectivity index (χ1v) is 14.6. The van der Waals surface area contributed by atoms with Crippen molar-refractivity contribution in [1.82, 2.24) is 19.9 Å². The fourth-order valence-electron chi connectivity index (χ4n) is 4.32. The summed E-state index contributed by atoms with van der Waals surface area (Å²) in [6.07, 6.45) is 1.14. The normalized spacial score (nSPS) is 22.5. The number of aromatic nitrogens is 4. The summed E-state index contributed by atoms with van der Waals surface area (Å²) >= 11 is 1.43. The molecule has 0 aliphatic heterocycles. The van der Waals surface area contributed by atoms with E-state index in [1.54, 1.807) is 33.9 Å². The van der Waals surface area contributed by atoms with Crippen LogP contribution in [0.4, 0.5) is 11.8 Å². The van der Waals surface area contributed by atoms with Gasteiger partial charge in [-0.15, -0.1) is 11.3 Å². The van der Waals surface area contributed by atoms with Gasteiger partial charge in [-0.05, 0) is 53.5 Å². The Balaban J connectivity index is 1.73. The number of aliphatic hydroxyl groups excluding tert-OH is 2. The molecule has 37 heavy (non-hydrogen) atoms. The summed E-state index contributed by atoms with van der Waals surface area (Å²) < 4.78 is 25.1. The van der Waals surface area contributed by atoms with Gasteiger partial charge in [0.1, 0.15) is 22.4 Å². The molecule has 0 saturated heterocycles. The van der Waals surface area contributed by atoms with Crippen molar-refractivity contribution in [3.63, 3.8) is 0 Å². The maximum atomic E-state index is 12.5. The monoisotopic (exact) mass is 550 g/mol. The van der Waals surface area contributed by atoms with E-state index in [1.807, 2.05) is 13.0 Å². The maximum absolute atomic E-state index is 12.5. The van der Waals surface area contributed by atoms with Crippen molar-refractivity contribution in [3.05, 3.63) is 23.7 Å². The Labute approximate surface area is 220 Å². The van der Waals surface area contributed by atoms with Crippen LogP contribution in [0.1, 0.15) is 45.0 Å². The summed E-state index contributed by atoms with van der Waals surface area (Å²) in [5.41, 5.74) is 0.924. The predicted octanol–water partition coefficient (Wildman–Crippen LogP) is 2.25. The zero-order valence-electron chi connectivity index (χ0n) is 21.6.